The normalized spacial score (nSPS) is 14.7. The molecule has 0 radical (unpaired) electrons. The van der Waals surface area contributed by atoms with Gasteiger partial charge >= 0.3 is 0 Å². The molecule has 1 heterocycles. The summed E-state index contributed by atoms with van der Waals surface area (Å²) in [5.74, 6) is 1.02. The van der Waals surface area contributed by atoms with Crippen molar-refractivity contribution in [2.45, 2.75) is 38.3 Å². The Labute approximate surface area is 114 Å². The number of fused-ring (bicyclic) bond motifs is 1. The van der Waals surface area contributed by atoms with Crippen LogP contribution in [0, 0.1) is 0 Å². The molecule has 0 saturated carbocycles. The van der Waals surface area contributed by atoms with Crippen LogP contribution in [-0.4, -0.2) is 28.8 Å². The minimum absolute atomic E-state index is 0.0135. The highest BCUT2D eigenvalue weighted by molar-refractivity contribution is 5.75. The molecule has 0 amide bonds. The van der Waals surface area contributed by atoms with Gasteiger partial charge in [-0.1, -0.05) is 25.5 Å². The molecule has 0 bridgehead atoms. The van der Waals surface area contributed by atoms with Gasteiger partial charge in [-0.3, -0.25) is 0 Å². The van der Waals surface area contributed by atoms with E-state index in [2.05, 4.69) is 22.5 Å². The van der Waals surface area contributed by atoms with Crippen LogP contribution in [-0.2, 0) is 18.2 Å². The van der Waals surface area contributed by atoms with Gasteiger partial charge < -0.3 is 15.0 Å². The number of imidazole rings is 1. The summed E-state index contributed by atoms with van der Waals surface area (Å²) < 4.78 is 7.60. The molecule has 19 heavy (non-hydrogen) atoms. The van der Waals surface area contributed by atoms with Crippen LogP contribution in [0.1, 0.15) is 25.6 Å². The molecule has 4 heteroatoms. The Hall–Kier alpha value is -1.39. The van der Waals surface area contributed by atoms with Gasteiger partial charge in [0.2, 0.25) is 0 Å². The average Bonchev–Trinajstić information content (AvgIpc) is 2.73. The van der Waals surface area contributed by atoms with Gasteiger partial charge in [-0.05, 0) is 18.6 Å². The quantitative estimate of drug-likeness (QED) is 0.867. The summed E-state index contributed by atoms with van der Waals surface area (Å²) in [6.45, 7) is 2.15. The van der Waals surface area contributed by atoms with Crippen LogP contribution in [0.3, 0.4) is 0 Å². The third-order valence-electron chi connectivity index (χ3n) is 3.65. The summed E-state index contributed by atoms with van der Waals surface area (Å²) in [6, 6.07) is 8.14. The lowest BCUT2D eigenvalue weighted by Gasteiger charge is -2.21. The van der Waals surface area contributed by atoms with Gasteiger partial charge in [0.15, 0.2) is 0 Å². The molecule has 1 aromatic heterocycles. The Balaban J connectivity index is 2.18. The van der Waals surface area contributed by atoms with Crippen LogP contribution in [0.2, 0.25) is 0 Å². The van der Waals surface area contributed by atoms with Crippen molar-refractivity contribution in [2.24, 2.45) is 12.8 Å². The highest BCUT2D eigenvalue weighted by Gasteiger charge is 2.19. The van der Waals surface area contributed by atoms with Crippen LogP contribution in [0.25, 0.3) is 11.0 Å². The van der Waals surface area contributed by atoms with Crippen molar-refractivity contribution in [1.29, 1.82) is 0 Å². The van der Waals surface area contributed by atoms with Crippen LogP contribution < -0.4 is 5.73 Å². The van der Waals surface area contributed by atoms with Crippen molar-refractivity contribution in [3.05, 3.63) is 30.1 Å². The van der Waals surface area contributed by atoms with Crippen molar-refractivity contribution in [3.8, 4) is 0 Å². The predicted molar refractivity (Wildman–Crippen MR) is 78.1 cm³/mol. The number of aromatic nitrogens is 2. The van der Waals surface area contributed by atoms with E-state index in [-0.39, 0.29) is 12.1 Å². The van der Waals surface area contributed by atoms with Gasteiger partial charge in [0.05, 0.1) is 17.1 Å². The van der Waals surface area contributed by atoms with Crippen molar-refractivity contribution in [3.63, 3.8) is 0 Å². The van der Waals surface area contributed by atoms with E-state index in [1.54, 1.807) is 7.11 Å². The van der Waals surface area contributed by atoms with E-state index in [0.717, 1.165) is 36.1 Å². The van der Waals surface area contributed by atoms with Crippen molar-refractivity contribution in [2.75, 3.05) is 7.11 Å². The fraction of sp³-hybridized carbons (Fsp3) is 0.533. The van der Waals surface area contributed by atoms with E-state index < -0.39 is 0 Å². The Morgan fingerprint density at radius 2 is 2.11 bits per heavy atom. The molecule has 0 spiro atoms. The number of hydrogen-bond acceptors (Lipinski definition) is 3. The fourth-order valence-electron chi connectivity index (χ4n) is 2.51. The zero-order chi connectivity index (χ0) is 13.8. The molecule has 0 aliphatic rings. The van der Waals surface area contributed by atoms with E-state index in [1.807, 2.05) is 25.2 Å². The first-order chi connectivity index (χ1) is 9.17. The zero-order valence-corrected chi connectivity index (χ0v) is 12.0. The Bertz CT molecular complexity index is 535. The van der Waals surface area contributed by atoms with Crippen molar-refractivity contribution in [1.82, 2.24) is 9.55 Å². The highest BCUT2D eigenvalue weighted by Crippen LogP contribution is 2.16. The van der Waals surface area contributed by atoms with Gasteiger partial charge in [-0.25, -0.2) is 4.98 Å². The number of nitrogens with zero attached hydrogens (tertiary/aromatic N) is 2. The number of nitrogens with two attached hydrogens (primary N) is 1. The molecular weight excluding hydrogens is 238 g/mol. The van der Waals surface area contributed by atoms with Gasteiger partial charge in [-0.15, -0.1) is 0 Å². The summed E-state index contributed by atoms with van der Waals surface area (Å²) in [6.07, 6.45) is 2.91. The lowest BCUT2D eigenvalue weighted by Crippen LogP contribution is -2.38. The molecular formula is C15H23N3O. The molecule has 2 atom stereocenters. The first-order valence-electron chi connectivity index (χ1n) is 6.86. The van der Waals surface area contributed by atoms with Gasteiger partial charge in [0, 0.05) is 26.6 Å². The second-order valence-corrected chi connectivity index (χ2v) is 5.01. The largest absolute Gasteiger partial charge is 0.380 e. The lowest BCUT2D eigenvalue weighted by molar-refractivity contribution is 0.0720. The summed E-state index contributed by atoms with van der Waals surface area (Å²) in [7, 11) is 3.77. The molecule has 2 aromatic rings. The Morgan fingerprint density at radius 3 is 2.74 bits per heavy atom. The van der Waals surface area contributed by atoms with E-state index >= 15 is 0 Å². The van der Waals surface area contributed by atoms with Gasteiger partial charge in [0.1, 0.15) is 5.82 Å². The molecule has 4 nitrogen and oxygen atoms in total. The summed E-state index contributed by atoms with van der Waals surface area (Å²) in [5.41, 5.74) is 8.43. The minimum atomic E-state index is -0.0135. The number of hydrogen-bond donors (Lipinski definition) is 1. The molecule has 2 unspecified atom stereocenters. The number of methoxy groups -OCH3 is 1. The smallest absolute Gasteiger partial charge is 0.111 e. The van der Waals surface area contributed by atoms with E-state index in [1.165, 1.54) is 0 Å². The lowest BCUT2D eigenvalue weighted by atomic mass is 10.0. The van der Waals surface area contributed by atoms with Crippen molar-refractivity contribution >= 4 is 11.0 Å². The molecule has 0 aliphatic heterocycles. The topological polar surface area (TPSA) is 53.1 Å². The predicted octanol–water partition coefficient (Wildman–Crippen LogP) is 2.26. The summed E-state index contributed by atoms with van der Waals surface area (Å²) >= 11 is 0. The number of benzene rings is 1. The second-order valence-electron chi connectivity index (χ2n) is 5.01. The minimum Gasteiger partial charge on any atom is -0.380 e. The molecule has 0 saturated heterocycles. The molecule has 1 aromatic carbocycles. The highest BCUT2D eigenvalue weighted by atomic mass is 16.5. The summed E-state index contributed by atoms with van der Waals surface area (Å²) in [4.78, 5) is 4.66. The Morgan fingerprint density at radius 1 is 1.37 bits per heavy atom. The monoisotopic (exact) mass is 261 g/mol. The average molecular weight is 261 g/mol. The van der Waals surface area contributed by atoms with Crippen LogP contribution >= 0.6 is 0 Å². The van der Waals surface area contributed by atoms with Gasteiger partial charge in [-0.2, -0.15) is 0 Å². The first-order valence-corrected chi connectivity index (χ1v) is 6.86. The van der Waals surface area contributed by atoms with Crippen LogP contribution in [0.4, 0.5) is 0 Å². The first kappa shape index (κ1) is 14.0. The van der Waals surface area contributed by atoms with E-state index in [9.17, 15) is 0 Å². The molecule has 0 aliphatic carbocycles. The number of aryl methyl sites for hydroxylation is 1. The fourth-order valence-corrected chi connectivity index (χ4v) is 2.51. The van der Waals surface area contributed by atoms with Crippen LogP contribution in [0.15, 0.2) is 24.3 Å². The maximum absolute atomic E-state index is 6.26. The molecule has 2 N–H and O–H groups in total. The molecule has 2 rings (SSSR count). The third-order valence-corrected chi connectivity index (χ3v) is 3.65. The van der Waals surface area contributed by atoms with Crippen LogP contribution in [0.5, 0.6) is 0 Å². The number of ether oxygens (including phenoxy) is 1. The number of rotatable bonds is 6. The maximum Gasteiger partial charge on any atom is 0.111 e. The SMILES string of the molecule is CCCC(OC)C(N)Cc1nc2ccccc2n1C. The second kappa shape index (κ2) is 6.17. The van der Waals surface area contributed by atoms with E-state index in [0.29, 0.717) is 0 Å². The van der Waals surface area contributed by atoms with Crippen molar-refractivity contribution < 1.29 is 4.74 Å². The Kier molecular flexibility index (Phi) is 4.56. The van der Waals surface area contributed by atoms with E-state index in [4.69, 9.17) is 10.5 Å². The zero-order valence-electron chi connectivity index (χ0n) is 12.0. The number of para-hydroxylation sites is 2. The van der Waals surface area contributed by atoms with Gasteiger partial charge in [0.25, 0.3) is 0 Å². The molecule has 0 fully saturated rings. The third kappa shape index (κ3) is 2.96. The summed E-state index contributed by atoms with van der Waals surface area (Å²) in [5, 5.41) is 0. The standard InChI is InChI=1S/C15H23N3O/c1-4-7-14(19-3)11(16)10-15-17-12-8-5-6-9-13(12)18(15)2/h5-6,8-9,11,14H,4,7,10,16H2,1-3H3. The maximum atomic E-state index is 6.26. The molecule has 104 valence electrons.